The molecule has 120 valence electrons. The van der Waals surface area contributed by atoms with Crippen LogP contribution in [0.3, 0.4) is 0 Å². The van der Waals surface area contributed by atoms with Crippen LogP contribution in [0.2, 0.25) is 0 Å². The van der Waals surface area contributed by atoms with Gasteiger partial charge in [-0.3, -0.25) is 9.89 Å². The number of halogens is 4. The van der Waals surface area contributed by atoms with Crippen LogP contribution in [0.5, 0.6) is 0 Å². The number of benzene rings is 1. The summed E-state index contributed by atoms with van der Waals surface area (Å²) in [4.78, 5) is 11.3. The van der Waals surface area contributed by atoms with Gasteiger partial charge in [-0.2, -0.15) is 10.4 Å². The lowest BCUT2D eigenvalue weighted by atomic mass is 10.0. The van der Waals surface area contributed by atoms with Gasteiger partial charge in [0.25, 0.3) is 0 Å². The van der Waals surface area contributed by atoms with Crippen LogP contribution in [0, 0.1) is 41.5 Å². The zero-order valence-electron chi connectivity index (χ0n) is 12.0. The van der Waals surface area contributed by atoms with Gasteiger partial charge in [0.2, 0.25) is 5.91 Å². The lowest BCUT2D eigenvalue weighted by Gasteiger charge is -2.08. The Kier molecular flexibility index (Phi) is 4.36. The number of carbonyl (C=O) groups is 1. The Hall–Kier alpha value is -2.89. The normalized spacial score (nSPS) is 10.5. The molecule has 0 unspecified atom stereocenters. The number of carbonyl (C=O) groups excluding carboxylic acids is 1. The summed E-state index contributed by atoms with van der Waals surface area (Å²) in [7, 11) is 0. The van der Waals surface area contributed by atoms with Crippen molar-refractivity contribution in [2.45, 2.75) is 20.3 Å². The Labute approximate surface area is 127 Å². The van der Waals surface area contributed by atoms with Gasteiger partial charge in [0.1, 0.15) is 11.6 Å². The van der Waals surface area contributed by atoms with Crippen molar-refractivity contribution in [1.29, 1.82) is 5.26 Å². The molecule has 1 amide bonds. The van der Waals surface area contributed by atoms with E-state index in [1.165, 1.54) is 0 Å². The van der Waals surface area contributed by atoms with Crippen LogP contribution in [-0.2, 0) is 4.79 Å². The summed E-state index contributed by atoms with van der Waals surface area (Å²) in [5.74, 6) is -7.24. The first-order chi connectivity index (χ1) is 10.8. The van der Waals surface area contributed by atoms with E-state index in [9.17, 15) is 22.4 Å². The summed E-state index contributed by atoms with van der Waals surface area (Å²) < 4.78 is 55.3. The topological polar surface area (TPSA) is 81.6 Å². The monoisotopic (exact) mass is 326 g/mol. The van der Waals surface area contributed by atoms with Crippen LogP contribution in [0.4, 0.5) is 23.4 Å². The van der Waals surface area contributed by atoms with Gasteiger partial charge in [0.05, 0.1) is 11.3 Å². The van der Waals surface area contributed by atoms with Crippen molar-refractivity contribution in [3.63, 3.8) is 0 Å². The van der Waals surface area contributed by atoms with Crippen molar-refractivity contribution >= 4 is 11.7 Å². The number of aromatic nitrogens is 2. The number of hydrogen-bond acceptors (Lipinski definition) is 3. The van der Waals surface area contributed by atoms with Crippen LogP contribution in [0.25, 0.3) is 11.3 Å². The second-order valence-electron chi connectivity index (χ2n) is 4.59. The molecular formula is C14H10F4N4O. The molecular weight excluding hydrogens is 316 g/mol. The number of nitrogens with zero attached hydrogens (tertiary/aromatic N) is 2. The molecule has 0 bridgehead atoms. The number of anilines is 1. The fraction of sp³-hybridized carbons (Fsp3) is 0.214. The maximum absolute atomic E-state index is 14.0. The Morgan fingerprint density at radius 2 is 1.78 bits per heavy atom. The van der Waals surface area contributed by atoms with Gasteiger partial charge in [-0.05, 0) is 6.92 Å². The van der Waals surface area contributed by atoms with E-state index in [4.69, 9.17) is 5.26 Å². The van der Waals surface area contributed by atoms with Gasteiger partial charge in [-0.25, -0.2) is 17.6 Å². The molecule has 0 saturated heterocycles. The Morgan fingerprint density at radius 3 is 2.26 bits per heavy atom. The molecule has 0 aliphatic rings. The van der Waals surface area contributed by atoms with Crippen LogP contribution in [-0.4, -0.2) is 16.1 Å². The highest BCUT2D eigenvalue weighted by atomic mass is 19.2. The first-order valence-electron chi connectivity index (χ1n) is 6.44. The summed E-state index contributed by atoms with van der Waals surface area (Å²) in [6.45, 7) is 2.42. The molecule has 1 heterocycles. The molecule has 2 N–H and O–H groups in total. The number of rotatable bonds is 3. The minimum atomic E-state index is -1.66. The second kappa shape index (κ2) is 6.08. The maximum Gasteiger partial charge on any atom is 0.225 e. The van der Waals surface area contributed by atoms with Gasteiger partial charge < -0.3 is 5.32 Å². The largest absolute Gasteiger partial charge is 0.308 e. The van der Waals surface area contributed by atoms with Gasteiger partial charge in [0.15, 0.2) is 29.1 Å². The highest BCUT2D eigenvalue weighted by Gasteiger charge is 2.28. The van der Waals surface area contributed by atoms with Crippen LogP contribution in [0.15, 0.2) is 0 Å². The summed E-state index contributed by atoms with van der Waals surface area (Å²) in [6.07, 6.45) is 0.0730. The average molecular weight is 326 g/mol. The van der Waals surface area contributed by atoms with E-state index in [1.54, 1.807) is 13.0 Å². The smallest absolute Gasteiger partial charge is 0.225 e. The first-order valence-corrected chi connectivity index (χ1v) is 6.44. The summed E-state index contributed by atoms with van der Waals surface area (Å²) in [5.41, 5.74) is -2.91. The number of amides is 1. The van der Waals surface area contributed by atoms with Gasteiger partial charge in [0, 0.05) is 12.0 Å². The fourth-order valence-electron chi connectivity index (χ4n) is 1.90. The zero-order chi connectivity index (χ0) is 17.3. The molecule has 0 radical (unpaired) electrons. The van der Waals surface area contributed by atoms with E-state index in [0.717, 1.165) is 6.92 Å². The van der Waals surface area contributed by atoms with Gasteiger partial charge in [-0.15, -0.1) is 0 Å². The van der Waals surface area contributed by atoms with Crippen LogP contribution >= 0.6 is 0 Å². The Balaban J connectivity index is 2.70. The maximum atomic E-state index is 14.0. The number of aromatic amines is 1. The molecule has 2 aromatic rings. The molecule has 0 aliphatic heterocycles. The third kappa shape index (κ3) is 2.63. The van der Waals surface area contributed by atoms with Crippen molar-refractivity contribution in [3.8, 4) is 17.3 Å². The Bertz CT molecular complexity index is 809. The third-order valence-electron chi connectivity index (χ3n) is 3.19. The van der Waals surface area contributed by atoms with Crippen molar-refractivity contribution in [3.05, 3.63) is 34.4 Å². The SMILES string of the molecule is CCC(=O)Nc1n[nH]c(-c2c(F)c(F)c(C)c(F)c2F)c1C#N. The lowest BCUT2D eigenvalue weighted by Crippen LogP contribution is -2.10. The molecule has 0 fully saturated rings. The second-order valence-corrected chi connectivity index (χ2v) is 4.59. The summed E-state index contributed by atoms with van der Waals surface area (Å²) in [6, 6.07) is 1.59. The van der Waals surface area contributed by atoms with Crippen molar-refractivity contribution in [1.82, 2.24) is 10.2 Å². The fourth-order valence-corrected chi connectivity index (χ4v) is 1.90. The lowest BCUT2D eigenvalue weighted by molar-refractivity contribution is -0.115. The summed E-state index contributed by atoms with van der Waals surface area (Å²) >= 11 is 0. The molecule has 0 aliphatic carbocycles. The molecule has 1 aromatic carbocycles. The number of H-pyrrole nitrogens is 1. The Morgan fingerprint density at radius 1 is 1.22 bits per heavy atom. The molecule has 9 heteroatoms. The average Bonchev–Trinajstić information content (AvgIpc) is 2.93. The number of nitriles is 1. The van der Waals surface area contributed by atoms with Crippen LogP contribution in [0.1, 0.15) is 24.5 Å². The van der Waals surface area contributed by atoms with E-state index >= 15 is 0 Å². The number of nitrogens with one attached hydrogen (secondary N) is 2. The highest BCUT2D eigenvalue weighted by molar-refractivity contribution is 5.92. The van der Waals surface area contributed by atoms with Crippen molar-refractivity contribution < 1.29 is 22.4 Å². The predicted octanol–water partition coefficient (Wildman–Crippen LogP) is 3.16. The van der Waals surface area contributed by atoms with Crippen molar-refractivity contribution in [2.24, 2.45) is 0 Å². The van der Waals surface area contributed by atoms with E-state index in [0.29, 0.717) is 0 Å². The van der Waals surface area contributed by atoms with Crippen LogP contribution < -0.4 is 5.32 Å². The third-order valence-corrected chi connectivity index (χ3v) is 3.19. The predicted molar refractivity (Wildman–Crippen MR) is 72.2 cm³/mol. The zero-order valence-corrected chi connectivity index (χ0v) is 12.0. The standard InChI is InChI=1S/C14H10F4N4O/c1-3-7(23)20-14-6(4-19)13(21-22-14)8-11(17)9(15)5(2)10(16)12(8)18/h3H2,1-2H3,(H2,20,21,22,23). The minimum Gasteiger partial charge on any atom is -0.308 e. The highest BCUT2D eigenvalue weighted by Crippen LogP contribution is 2.34. The van der Waals surface area contributed by atoms with Gasteiger partial charge >= 0.3 is 0 Å². The quantitative estimate of drug-likeness (QED) is 0.671. The molecule has 0 spiro atoms. The molecule has 2 rings (SSSR count). The van der Waals surface area contributed by atoms with E-state index < -0.39 is 51.6 Å². The van der Waals surface area contributed by atoms with Gasteiger partial charge in [-0.1, -0.05) is 6.92 Å². The molecule has 0 atom stereocenters. The molecule has 0 saturated carbocycles. The molecule has 1 aromatic heterocycles. The molecule has 23 heavy (non-hydrogen) atoms. The van der Waals surface area contributed by atoms with E-state index in [-0.39, 0.29) is 12.2 Å². The first kappa shape index (κ1) is 16.5. The number of hydrogen-bond donors (Lipinski definition) is 2. The van der Waals surface area contributed by atoms with E-state index in [2.05, 4.69) is 15.5 Å². The van der Waals surface area contributed by atoms with E-state index in [1.807, 2.05) is 0 Å². The van der Waals surface area contributed by atoms with Crippen molar-refractivity contribution in [2.75, 3.05) is 5.32 Å². The molecule has 5 nitrogen and oxygen atoms in total. The minimum absolute atomic E-state index is 0.0730. The summed E-state index contributed by atoms with van der Waals surface area (Å²) in [5, 5.41) is 17.0.